The number of nitrogens with zero attached hydrogens (tertiary/aromatic N) is 2. The quantitative estimate of drug-likeness (QED) is 0.838. The number of piperidine rings is 1. The average molecular weight is 251 g/mol. The third-order valence-electron chi connectivity index (χ3n) is 3.52. The molecule has 2 unspecified atom stereocenters. The van der Waals surface area contributed by atoms with Crippen LogP contribution in [0.4, 0.5) is 4.79 Å². The molecule has 100 valence electrons. The lowest BCUT2D eigenvalue weighted by Gasteiger charge is -2.34. The minimum atomic E-state index is -0.394. The molecule has 0 aromatic carbocycles. The first kappa shape index (κ1) is 13.0. The van der Waals surface area contributed by atoms with Crippen molar-refractivity contribution in [3.63, 3.8) is 0 Å². The van der Waals surface area contributed by atoms with E-state index in [1.165, 1.54) is 0 Å². The zero-order valence-electron chi connectivity index (χ0n) is 10.7. The Balaban J connectivity index is 1.71. The van der Waals surface area contributed by atoms with Crippen LogP contribution in [-0.4, -0.2) is 46.3 Å². The third-order valence-corrected chi connectivity index (χ3v) is 3.52. The molecule has 0 saturated carbocycles. The number of β-amino-alcohol motifs (C(OH)–C–C–N with tert-alkyl or cyclic N) is 1. The summed E-state index contributed by atoms with van der Waals surface area (Å²) in [5.41, 5.74) is 0. The van der Waals surface area contributed by atoms with Crippen LogP contribution in [-0.2, 0) is 6.54 Å². The SMILES string of the molecule is CC1CCN(C(=O)NCCn2cccc2)CC1O. The summed E-state index contributed by atoms with van der Waals surface area (Å²) in [4.78, 5) is 13.6. The Kier molecular flexibility index (Phi) is 4.25. The van der Waals surface area contributed by atoms with Crippen LogP contribution >= 0.6 is 0 Å². The summed E-state index contributed by atoms with van der Waals surface area (Å²) in [6.07, 6.45) is 4.41. The Morgan fingerprint density at radius 2 is 2.17 bits per heavy atom. The highest BCUT2D eigenvalue weighted by Crippen LogP contribution is 2.16. The number of nitrogens with one attached hydrogen (secondary N) is 1. The lowest BCUT2D eigenvalue weighted by atomic mass is 9.96. The summed E-state index contributed by atoms with van der Waals surface area (Å²) in [6.45, 7) is 4.57. The highest BCUT2D eigenvalue weighted by atomic mass is 16.3. The maximum absolute atomic E-state index is 11.9. The fourth-order valence-electron chi connectivity index (χ4n) is 2.16. The fraction of sp³-hybridized carbons (Fsp3) is 0.615. The van der Waals surface area contributed by atoms with Crippen molar-refractivity contribution < 1.29 is 9.90 Å². The number of amides is 2. The molecule has 5 nitrogen and oxygen atoms in total. The summed E-state index contributed by atoms with van der Waals surface area (Å²) in [5, 5.41) is 12.6. The molecule has 1 fully saturated rings. The van der Waals surface area contributed by atoms with E-state index in [1.807, 2.05) is 36.0 Å². The lowest BCUT2D eigenvalue weighted by molar-refractivity contribution is 0.0436. The Labute approximate surface area is 107 Å². The van der Waals surface area contributed by atoms with Gasteiger partial charge in [-0.05, 0) is 24.5 Å². The van der Waals surface area contributed by atoms with E-state index in [0.717, 1.165) is 19.5 Å². The van der Waals surface area contributed by atoms with Gasteiger partial charge in [0.15, 0.2) is 0 Å². The molecular weight excluding hydrogens is 230 g/mol. The number of aliphatic hydroxyl groups excluding tert-OH is 1. The third kappa shape index (κ3) is 3.26. The van der Waals surface area contributed by atoms with E-state index >= 15 is 0 Å². The summed E-state index contributed by atoms with van der Waals surface area (Å²) in [6, 6.07) is 3.85. The maximum Gasteiger partial charge on any atom is 0.317 e. The number of carbonyl (C=O) groups excluding carboxylic acids is 1. The van der Waals surface area contributed by atoms with Crippen molar-refractivity contribution in [1.29, 1.82) is 0 Å². The van der Waals surface area contributed by atoms with Gasteiger partial charge in [0.05, 0.1) is 6.10 Å². The van der Waals surface area contributed by atoms with Crippen molar-refractivity contribution in [2.45, 2.75) is 26.0 Å². The Bertz CT molecular complexity index is 378. The maximum atomic E-state index is 11.9. The van der Waals surface area contributed by atoms with E-state index < -0.39 is 6.10 Å². The molecule has 1 aliphatic rings. The minimum Gasteiger partial charge on any atom is -0.391 e. The molecule has 0 spiro atoms. The summed E-state index contributed by atoms with van der Waals surface area (Å²) in [7, 11) is 0. The van der Waals surface area contributed by atoms with Crippen molar-refractivity contribution in [2.24, 2.45) is 5.92 Å². The Morgan fingerprint density at radius 3 is 2.83 bits per heavy atom. The van der Waals surface area contributed by atoms with Gasteiger partial charge >= 0.3 is 6.03 Å². The van der Waals surface area contributed by atoms with Crippen LogP contribution in [0, 0.1) is 5.92 Å². The molecule has 18 heavy (non-hydrogen) atoms. The van der Waals surface area contributed by atoms with Gasteiger partial charge in [-0.2, -0.15) is 0 Å². The molecule has 0 aliphatic carbocycles. The van der Waals surface area contributed by atoms with Gasteiger partial charge < -0.3 is 19.9 Å². The molecule has 2 heterocycles. The van der Waals surface area contributed by atoms with Crippen LogP contribution < -0.4 is 5.32 Å². The van der Waals surface area contributed by atoms with Crippen molar-refractivity contribution in [3.8, 4) is 0 Å². The topological polar surface area (TPSA) is 57.5 Å². The van der Waals surface area contributed by atoms with Gasteiger partial charge in [0.25, 0.3) is 0 Å². The summed E-state index contributed by atoms with van der Waals surface area (Å²) in [5.74, 6) is 0.286. The van der Waals surface area contributed by atoms with E-state index in [9.17, 15) is 9.90 Å². The normalized spacial score (nSPS) is 24.0. The molecule has 1 saturated heterocycles. The number of hydrogen-bond donors (Lipinski definition) is 2. The standard InChI is InChI=1S/C13H21N3O2/c1-11-4-8-16(10-12(11)17)13(18)14-5-9-15-6-2-3-7-15/h2-3,6-7,11-12,17H,4-5,8-10H2,1H3,(H,14,18). The molecule has 2 amide bonds. The summed E-state index contributed by atoms with van der Waals surface area (Å²) >= 11 is 0. The molecule has 0 bridgehead atoms. The lowest BCUT2D eigenvalue weighted by Crippen LogP contribution is -2.50. The molecule has 1 aromatic rings. The zero-order valence-corrected chi connectivity index (χ0v) is 10.7. The number of urea groups is 1. The molecule has 5 heteroatoms. The van der Waals surface area contributed by atoms with Crippen molar-refractivity contribution in [3.05, 3.63) is 24.5 Å². The van der Waals surface area contributed by atoms with Gasteiger partial charge in [-0.25, -0.2) is 4.79 Å². The van der Waals surface area contributed by atoms with Crippen molar-refractivity contribution in [2.75, 3.05) is 19.6 Å². The van der Waals surface area contributed by atoms with Crippen LogP contribution in [0.2, 0.25) is 0 Å². The van der Waals surface area contributed by atoms with Crippen molar-refractivity contribution >= 4 is 6.03 Å². The molecule has 2 N–H and O–H groups in total. The number of hydrogen-bond acceptors (Lipinski definition) is 2. The van der Waals surface area contributed by atoms with Gasteiger partial charge in [0.2, 0.25) is 0 Å². The Hall–Kier alpha value is -1.49. The van der Waals surface area contributed by atoms with Gasteiger partial charge in [-0.15, -0.1) is 0 Å². The second kappa shape index (κ2) is 5.91. The predicted octanol–water partition coefficient (Wildman–Crippen LogP) is 0.900. The smallest absolute Gasteiger partial charge is 0.317 e. The predicted molar refractivity (Wildman–Crippen MR) is 69.2 cm³/mol. The number of aromatic nitrogens is 1. The first-order valence-electron chi connectivity index (χ1n) is 6.48. The number of rotatable bonds is 3. The van der Waals surface area contributed by atoms with Crippen molar-refractivity contribution in [1.82, 2.24) is 14.8 Å². The molecule has 2 atom stereocenters. The number of likely N-dealkylation sites (tertiary alicyclic amines) is 1. The van der Waals surface area contributed by atoms with Crippen LogP contribution in [0.1, 0.15) is 13.3 Å². The number of aliphatic hydroxyl groups is 1. The van der Waals surface area contributed by atoms with Crippen LogP contribution in [0.25, 0.3) is 0 Å². The minimum absolute atomic E-state index is 0.0758. The number of carbonyl (C=O) groups is 1. The van der Waals surface area contributed by atoms with Crippen LogP contribution in [0.3, 0.4) is 0 Å². The second-order valence-electron chi connectivity index (χ2n) is 4.93. The monoisotopic (exact) mass is 251 g/mol. The van der Waals surface area contributed by atoms with Gasteiger partial charge in [0, 0.05) is 38.6 Å². The molecule has 0 radical (unpaired) electrons. The highest BCUT2D eigenvalue weighted by Gasteiger charge is 2.26. The molecule has 1 aromatic heterocycles. The Morgan fingerprint density at radius 1 is 1.44 bits per heavy atom. The fourth-order valence-corrected chi connectivity index (χ4v) is 2.16. The van der Waals surface area contributed by atoms with E-state index in [-0.39, 0.29) is 11.9 Å². The van der Waals surface area contributed by atoms with E-state index in [2.05, 4.69) is 5.32 Å². The average Bonchev–Trinajstić information content (AvgIpc) is 2.85. The molecule has 2 rings (SSSR count). The highest BCUT2D eigenvalue weighted by molar-refractivity contribution is 5.74. The van der Waals surface area contributed by atoms with E-state index in [1.54, 1.807) is 4.90 Å². The zero-order chi connectivity index (χ0) is 13.0. The van der Waals surface area contributed by atoms with Crippen LogP contribution in [0.15, 0.2) is 24.5 Å². The van der Waals surface area contributed by atoms with E-state index in [4.69, 9.17) is 0 Å². The van der Waals surface area contributed by atoms with E-state index in [0.29, 0.717) is 13.1 Å². The first-order chi connectivity index (χ1) is 8.66. The van der Waals surface area contributed by atoms with Gasteiger partial charge in [-0.3, -0.25) is 0 Å². The first-order valence-corrected chi connectivity index (χ1v) is 6.48. The second-order valence-corrected chi connectivity index (χ2v) is 4.93. The largest absolute Gasteiger partial charge is 0.391 e. The van der Waals surface area contributed by atoms with Gasteiger partial charge in [0.1, 0.15) is 0 Å². The molecular formula is C13H21N3O2. The van der Waals surface area contributed by atoms with Crippen LogP contribution in [0.5, 0.6) is 0 Å². The van der Waals surface area contributed by atoms with Gasteiger partial charge in [-0.1, -0.05) is 6.92 Å². The summed E-state index contributed by atoms with van der Waals surface area (Å²) < 4.78 is 2.02. The molecule has 1 aliphatic heterocycles.